The largest absolute Gasteiger partial charge is 0.456 e. The van der Waals surface area contributed by atoms with E-state index in [2.05, 4.69) is 55.8 Å². The summed E-state index contributed by atoms with van der Waals surface area (Å²) in [6.45, 7) is 5.76. The van der Waals surface area contributed by atoms with Crippen LogP contribution in [0, 0.1) is 0 Å². The number of rotatable bonds is 8. The van der Waals surface area contributed by atoms with Crippen LogP contribution in [0.5, 0.6) is 0 Å². The second kappa shape index (κ2) is 14.7. The number of benzene rings is 3. The van der Waals surface area contributed by atoms with E-state index in [9.17, 15) is 9.90 Å². The minimum Gasteiger partial charge on any atom is -0.456 e. The number of hydrogen-bond acceptors (Lipinski definition) is 4. The first-order chi connectivity index (χ1) is 17.4. The average molecular weight is 617 g/mol. The Labute approximate surface area is 231 Å². The van der Waals surface area contributed by atoms with Crippen LogP contribution in [0.1, 0.15) is 68.4 Å². The maximum atomic E-state index is 12.8. The van der Waals surface area contributed by atoms with Gasteiger partial charge in [-0.05, 0) is 73.2 Å². The molecule has 0 spiro atoms. The monoisotopic (exact) mass is 615 g/mol. The van der Waals surface area contributed by atoms with Crippen LogP contribution in [0.2, 0.25) is 0 Å². The normalized spacial score (nSPS) is 17.1. The fourth-order valence-electron chi connectivity index (χ4n) is 4.36. The lowest BCUT2D eigenvalue weighted by Crippen LogP contribution is -2.37. The van der Waals surface area contributed by atoms with Crippen LogP contribution in [0.4, 0.5) is 0 Å². The molecule has 36 heavy (non-hydrogen) atoms. The molecule has 1 aliphatic rings. The predicted octanol–water partition coefficient (Wildman–Crippen LogP) is 8.00. The van der Waals surface area contributed by atoms with Gasteiger partial charge in [0.25, 0.3) is 0 Å². The molecule has 1 N–H and O–H groups in total. The molecular formula is C30H35Br2NO3. The Kier molecular flexibility index (Phi) is 11.6. The summed E-state index contributed by atoms with van der Waals surface area (Å²) in [4.78, 5) is 15.0. The molecule has 192 valence electrons. The molecule has 0 amide bonds. The first kappa shape index (κ1) is 28.6. The topological polar surface area (TPSA) is 49.8 Å². The van der Waals surface area contributed by atoms with E-state index in [4.69, 9.17) is 4.74 Å². The molecule has 1 aliphatic heterocycles. The van der Waals surface area contributed by atoms with Gasteiger partial charge in [0, 0.05) is 15.5 Å². The van der Waals surface area contributed by atoms with Crippen molar-refractivity contribution in [2.45, 2.75) is 64.3 Å². The van der Waals surface area contributed by atoms with Gasteiger partial charge < -0.3 is 9.84 Å². The summed E-state index contributed by atoms with van der Waals surface area (Å²) in [7, 11) is 0. The van der Waals surface area contributed by atoms with E-state index in [0.29, 0.717) is 0 Å². The van der Waals surface area contributed by atoms with Crippen LogP contribution >= 0.6 is 31.9 Å². The van der Waals surface area contributed by atoms with Gasteiger partial charge in [0.1, 0.15) is 12.1 Å². The van der Waals surface area contributed by atoms with Crippen molar-refractivity contribution in [3.05, 3.63) is 104 Å². The number of likely N-dealkylation sites (tertiary alicyclic amines) is 1. The predicted molar refractivity (Wildman–Crippen MR) is 153 cm³/mol. The third-order valence-electron chi connectivity index (χ3n) is 6.33. The zero-order valence-corrected chi connectivity index (χ0v) is 24.1. The summed E-state index contributed by atoms with van der Waals surface area (Å²) < 4.78 is 7.91. The summed E-state index contributed by atoms with van der Waals surface area (Å²) in [5, 5.41) is 9.43. The number of nitrogens with zero attached hydrogens (tertiary/aromatic N) is 1. The summed E-state index contributed by atoms with van der Waals surface area (Å²) in [5.74, 6) is -0.0970. The first-order valence-corrected chi connectivity index (χ1v) is 14.2. The van der Waals surface area contributed by atoms with Gasteiger partial charge in [0.05, 0.1) is 6.10 Å². The summed E-state index contributed by atoms with van der Waals surface area (Å²) in [5.41, 5.74) is 3.25. The molecule has 1 saturated heterocycles. The highest BCUT2D eigenvalue weighted by Gasteiger charge is 2.33. The zero-order chi connectivity index (χ0) is 25.9. The van der Waals surface area contributed by atoms with Gasteiger partial charge in [0.15, 0.2) is 0 Å². The maximum absolute atomic E-state index is 12.8. The molecule has 1 fully saturated rings. The number of ether oxygens (including phenoxy) is 1. The molecule has 0 radical (unpaired) electrons. The first-order valence-electron chi connectivity index (χ1n) is 12.6. The Balaban J connectivity index is 0.000000275. The van der Waals surface area contributed by atoms with Crippen molar-refractivity contribution in [3.63, 3.8) is 0 Å². The van der Waals surface area contributed by atoms with Crippen LogP contribution in [0.15, 0.2) is 87.8 Å². The molecule has 3 aromatic rings. The van der Waals surface area contributed by atoms with Gasteiger partial charge in [0.2, 0.25) is 0 Å². The van der Waals surface area contributed by atoms with Gasteiger partial charge in [-0.25, -0.2) is 0 Å². The number of aliphatic hydroxyl groups is 1. The summed E-state index contributed by atoms with van der Waals surface area (Å²) in [6.07, 6.45) is 2.93. The quantitative estimate of drug-likeness (QED) is 0.261. The maximum Gasteiger partial charge on any atom is 0.323 e. The third-order valence-corrected chi connectivity index (χ3v) is 7.32. The molecule has 0 aliphatic carbocycles. The van der Waals surface area contributed by atoms with E-state index in [1.165, 1.54) is 5.56 Å². The Hall–Kier alpha value is -1.99. The van der Waals surface area contributed by atoms with Crippen molar-refractivity contribution in [1.29, 1.82) is 0 Å². The Bertz CT molecular complexity index is 1090. The smallest absolute Gasteiger partial charge is 0.323 e. The van der Waals surface area contributed by atoms with E-state index >= 15 is 0 Å². The van der Waals surface area contributed by atoms with Crippen molar-refractivity contribution >= 4 is 37.8 Å². The molecule has 0 bridgehead atoms. The van der Waals surface area contributed by atoms with E-state index in [1.807, 2.05) is 73.7 Å². The van der Waals surface area contributed by atoms with Gasteiger partial charge in [-0.2, -0.15) is 0 Å². The second-order valence-electron chi connectivity index (χ2n) is 8.98. The standard InChI is InChI=1S/C21H24BrNO2.C9H11BrO/c1-2-20(17-10-6-11-18(22)14-17)25-21(24)19-12-7-13-23(19)15-16-8-4-3-5-9-16;1-2-9(11)7-4-3-5-8(10)6-7/h3-6,8-11,14,19-20H,2,7,12-13,15H2,1H3;3-6,9,11H,2H2,1H3/t19-,20+;9-/m01/s1. The lowest BCUT2D eigenvalue weighted by atomic mass is 10.1. The van der Waals surface area contributed by atoms with Crippen molar-refractivity contribution in [3.8, 4) is 0 Å². The summed E-state index contributed by atoms with van der Waals surface area (Å²) in [6, 6.07) is 25.9. The minimum atomic E-state index is -0.326. The fourth-order valence-corrected chi connectivity index (χ4v) is 5.20. The molecule has 4 nitrogen and oxygen atoms in total. The number of hydrogen-bond donors (Lipinski definition) is 1. The molecule has 0 saturated carbocycles. The highest BCUT2D eigenvalue weighted by atomic mass is 79.9. The Morgan fingerprint density at radius 3 is 2.19 bits per heavy atom. The highest BCUT2D eigenvalue weighted by molar-refractivity contribution is 9.10. The van der Waals surface area contributed by atoms with E-state index in [1.54, 1.807) is 0 Å². The molecule has 4 rings (SSSR count). The summed E-state index contributed by atoms with van der Waals surface area (Å²) >= 11 is 6.84. The Morgan fingerprint density at radius 2 is 1.58 bits per heavy atom. The van der Waals surface area contributed by atoms with Gasteiger partial charge in [-0.3, -0.25) is 9.69 Å². The van der Waals surface area contributed by atoms with Crippen LogP contribution in [-0.2, 0) is 16.1 Å². The van der Waals surface area contributed by atoms with E-state index < -0.39 is 0 Å². The van der Waals surface area contributed by atoms with Crippen LogP contribution < -0.4 is 0 Å². The second-order valence-corrected chi connectivity index (χ2v) is 10.8. The number of carbonyl (C=O) groups excluding carboxylic acids is 1. The van der Waals surface area contributed by atoms with Crippen molar-refractivity contribution in [1.82, 2.24) is 4.90 Å². The van der Waals surface area contributed by atoms with Crippen LogP contribution in [0.25, 0.3) is 0 Å². The molecule has 3 aromatic carbocycles. The molecule has 1 heterocycles. The molecule has 0 aromatic heterocycles. The number of esters is 1. The lowest BCUT2D eigenvalue weighted by molar-refractivity contribution is -0.155. The minimum absolute atomic E-state index is 0.0970. The van der Waals surface area contributed by atoms with E-state index in [0.717, 1.165) is 58.8 Å². The van der Waals surface area contributed by atoms with Crippen LogP contribution in [-0.4, -0.2) is 28.6 Å². The van der Waals surface area contributed by atoms with Gasteiger partial charge in [-0.1, -0.05) is 100 Å². The van der Waals surface area contributed by atoms with Crippen LogP contribution in [0.3, 0.4) is 0 Å². The number of halogens is 2. The molecule has 0 unspecified atom stereocenters. The third kappa shape index (κ3) is 8.55. The van der Waals surface area contributed by atoms with Gasteiger partial charge >= 0.3 is 5.97 Å². The van der Waals surface area contributed by atoms with Crippen molar-refractivity contribution in [2.75, 3.05) is 6.54 Å². The fraction of sp³-hybridized carbons (Fsp3) is 0.367. The average Bonchev–Trinajstić information content (AvgIpc) is 3.36. The molecular weight excluding hydrogens is 582 g/mol. The molecule has 6 heteroatoms. The van der Waals surface area contributed by atoms with Crippen molar-refractivity contribution in [2.24, 2.45) is 0 Å². The molecule has 3 atom stereocenters. The zero-order valence-electron chi connectivity index (χ0n) is 20.9. The number of aliphatic hydroxyl groups excluding tert-OH is 1. The number of carbonyl (C=O) groups is 1. The Morgan fingerprint density at radius 1 is 0.944 bits per heavy atom. The van der Waals surface area contributed by atoms with Crippen molar-refractivity contribution < 1.29 is 14.6 Å². The highest BCUT2D eigenvalue weighted by Crippen LogP contribution is 2.28. The lowest BCUT2D eigenvalue weighted by Gasteiger charge is -2.25. The SMILES string of the molecule is CC[C@@H](O)c1cccc(Br)c1.CC[C@@H](OC(=O)[C@@H]1CCCN1Cc1ccccc1)c1cccc(Br)c1. The van der Waals surface area contributed by atoms with E-state index in [-0.39, 0.29) is 24.2 Å². The van der Waals surface area contributed by atoms with Gasteiger partial charge in [-0.15, -0.1) is 0 Å².